The third-order valence-corrected chi connectivity index (χ3v) is 5.47. The lowest BCUT2D eigenvalue weighted by Gasteiger charge is -2.42. The minimum atomic E-state index is -0.868. The summed E-state index contributed by atoms with van der Waals surface area (Å²) in [6.45, 7) is 3.61. The first-order valence-electron chi connectivity index (χ1n) is 8.11. The van der Waals surface area contributed by atoms with E-state index in [0.29, 0.717) is 27.5 Å². The van der Waals surface area contributed by atoms with Gasteiger partial charge in [-0.1, -0.05) is 11.3 Å². The van der Waals surface area contributed by atoms with Crippen LogP contribution in [0.15, 0.2) is 36.4 Å². The average molecular weight is 369 g/mol. The number of aliphatic hydroxyl groups excluding tert-OH is 1. The number of anilines is 1. The van der Waals surface area contributed by atoms with Crippen molar-refractivity contribution < 1.29 is 14.2 Å². The Hall–Kier alpha value is -2.69. The summed E-state index contributed by atoms with van der Waals surface area (Å²) >= 11 is 1.38. The molecule has 2 N–H and O–H groups in total. The third kappa shape index (κ3) is 2.77. The normalized spacial score (nSPS) is 20.9. The predicted octanol–water partition coefficient (Wildman–Crippen LogP) is 3.99. The van der Waals surface area contributed by atoms with E-state index in [1.807, 2.05) is 0 Å². The monoisotopic (exact) mass is 369 g/mol. The predicted molar refractivity (Wildman–Crippen MR) is 97.8 cm³/mol. The lowest BCUT2D eigenvalue weighted by Crippen LogP contribution is -2.50. The largest absolute Gasteiger partial charge is 0.485 e. The van der Waals surface area contributed by atoms with Crippen molar-refractivity contribution in [1.82, 2.24) is 4.98 Å². The fourth-order valence-electron chi connectivity index (χ4n) is 3.12. The van der Waals surface area contributed by atoms with E-state index in [-0.39, 0.29) is 5.82 Å². The Balaban J connectivity index is 1.77. The summed E-state index contributed by atoms with van der Waals surface area (Å²) in [4.78, 5) is 4.42. The second-order valence-corrected chi connectivity index (χ2v) is 7.80. The fourth-order valence-corrected chi connectivity index (χ4v) is 4.00. The summed E-state index contributed by atoms with van der Waals surface area (Å²) in [6, 6.07) is 11.2. The molecule has 26 heavy (non-hydrogen) atoms. The molecule has 5 nitrogen and oxygen atoms in total. The molecule has 0 spiro atoms. The maximum atomic E-state index is 13.4. The van der Waals surface area contributed by atoms with Crippen molar-refractivity contribution in [2.45, 2.75) is 31.6 Å². The summed E-state index contributed by atoms with van der Waals surface area (Å²) in [5.74, 6) is 0.273. The molecule has 2 heterocycles. The molecule has 2 atom stereocenters. The van der Waals surface area contributed by atoms with Crippen LogP contribution in [0.3, 0.4) is 0 Å². The van der Waals surface area contributed by atoms with Gasteiger partial charge in [-0.15, -0.1) is 0 Å². The topological polar surface area (TPSA) is 78.2 Å². The van der Waals surface area contributed by atoms with E-state index >= 15 is 0 Å². The Labute approximate surface area is 153 Å². The molecule has 3 aromatic rings. The minimum absolute atomic E-state index is 0.342. The highest BCUT2D eigenvalue weighted by atomic mass is 32.1. The number of nitriles is 1. The zero-order valence-electron chi connectivity index (χ0n) is 14.2. The molecule has 4 rings (SSSR count). The molecule has 1 aliphatic heterocycles. The Morgan fingerprint density at radius 1 is 1.31 bits per heavy atom. The van der Waals surface area contributed by atoms with Gasteiger partial charge in [-0.3, -0.25) is 0 Å². The number of benzene rings is 2. The van der Waals surface area contributed by atoms with Crippen molar-refractivity contribution in [3.8, 4) is 11.8 Å². The highest BCUT2D eigenvalue weighted by Gasteiger charge is 2.43. The molecular weight excluding hydrogens is 353 g/mol. The van der Waals surface area contributed by atoms with Crippen LogP contribution < -0.4 is 10.1 Å². The molecule has 0 saturated carbocycles. The number of fused-ring (bicyclic) bond motifs is 2. The van der Waals surface area contributed by atoms with Crippen LogP contribution in [0.25, 0.3) is 10.2 Å². The lowest BCUT2D eigenvalue weighted by molar-refractivity contribution is -0.0532. The van der Waals surface area contributed by atoms with Crippen LogP contribution >= 0.6 is 11.3 Å². The van der Waals surface area contributed by atoms with E-state index < -0.39 is 17.7 Å². The molecule has 1 aliphatic rings. The maximum absolute atomic E-state index is 13.4. The lowest BCUT2D eigenvalue weighted by atomic mass is 9.86. The van der Waals surface area contributed by atoms with Gasteiger partial charge in [-0.05, 0) is 44.2 Å². The Bertz CT molecular complexity index is 1040. The maximum Gasteiger partial charge on any atom is 0.184 e. The van der Waals surface area contributed by atoms with E-state index in [0.717, 1.165) is 4.70 Å². The van der Waals surface area contributed by atoms with Crippen LogP contribution in [0.2, 0.25) is 0 Å². The van der Waals surface area contributed by atoms with E-state index in [4.69, 9.17) is 4.74 Å². The van der Waals surface area contributed by atoms with Gasteiger partial charge in [0.1, 0.15) is 23.3 Å². The number of nitrogens with zero attached hydrogens (tertiary/aromatic N) is 2. The molecule has 1 aromatic heterocycles. The van der Waals surface area contributed by atoms with E-state index in [1.165, 1.54) is 23.5 Å². The van der Waals surface area contributed by atoms with Crippen LogP contribution in [0.1, 0.15) is 31.0 Å². The number of thiazole rings is 1. The fraction of sp³-hybridized carbons (Fsp3) is 0.263. The number of rotatable bonds is 2. The van der Waals surface area contributed by atoms with Gasteiger partial charge in [0.25, 0.3) is 0 Å². The third-order valence-electron chi connectivity index (χ3n) is 4.50. The molecule has 0 saturated heterocycles. The molecule has 7 heteroatoms. The summed E-state index contributed by atoms with van der Waals surface area (Å²) < 4.78 is 20.2. The van der Waals surface area contributed by atoms with Gasteiger partial charge < -0.3 is 15.2 Å². The molecule has 0 fully saturated rings. The van der Waals surface area contributed by atoms with Gasteiger partial charge in [0.05, 0.1) is 27.9 Å². The van der Waals surface area contributed by atoms with Crippen molar-refractivity contribution in [2.75, 3.05) is 5.32 Å². The van der Waals surface area contributed by atoms with Gasteiger partial charge in [0, 0.05) is 11.6 Å². The van der Waals surface area contributed by atoms with Crippen molar-refractivity contribution in [1.29, 1.82) is 5.26 Å². The average Bonchev–Trinajstić information content (AvgIpc) is 3.00. The van der Waals surface area contributed by atoms with Gasteiger partial charge in [0.2, 0.25) is 0 Å². The molecular formula is C19H16FN3O2S. The minimum Gasteiger partial charge on any atom is -0.485 e. The highest BCUT2D eigenvalue weighted by Crippen LogP contribution is 2.42. The van der Waals surface area contributed by atoms with Crippen molar-refractivity contribution in [2.24, 2.45) is 0 Å². The van der Waals surface area contributed by atoms with E-state index in [2.05, 4.69) is 16.4 Å². The van der Waals surface area contributed by atoms with Gasteiger partial charge in [0.15, 0.2) is 5.13 Å². The number of aromatic nitrogens is 1. The highest BCUT2D eigenvalue weighted by molar-refractivity contribution is 7.22. The Kier molecular flexibility index (Phi) is 3.83. The summed E-state index contributed by atoms with van der Waals surface area (Å²) in [5, 5.41) is 23.8. The van der Waals surface area contributed by atoms with Crippen molar-refractivity contribution in [3.63, 3.8) is 0 Å². The van der Waals surface area contributed by atoms with Crippen LogP contribution in [0.5, 0.6) is 5.75 Å². The second kappa shape index (κ2) is 5.94. The summed E-state index contributed by atoms with van der Waals surface area (Å²) in [6.07, 6.45) is -0.868. The SMILES string of the molecule is CC1(C)Oc2ccc(C#N)cc2C(Nc2nc3cc(F)ccc3s2)C1O. The Morgan fingerprint density at radius 2 is 2.12 bits per heavy atom. The zero-order chi connectivity index (χ0) is 18.5. The standard InChI is InChI=1S/C19H16FN3O2S/c1-19(2)17(24)16(12-7-10(9-21)3-5-14(12)25-19)23-18-22-13-8-11(20)4-6-15(13)26-18/h3-8,16-17,24H,1-2H3,(H,22,23). The quantitative estimate of drug-likeness (QED) is 0.714. The number of halogens is 1. The van der Waals surface area contributed by atoms with Gasteiger partial charge >= 0.3 is 0 Å². The van der Waals surface area contributed by atoms with Gasteiger partial charge in [-0.2, -0.15) is 5.26 Å². The van der Waals surface area contributed by atoms with Crippen LogP contribution in [-0.2, 0) is 0 Å². The first kappa shape index (κ1) is 16.8. The first-order valence-corrected chi connectivity index (χ1v) is 8.93. The molecule has 0 aliphatic carbocycles. The van der Waals surface area contributed by atoms with Crippen LogP contribution in [-0.4, -0.2) is 21.8 Å². The summed E-state index contributed by atoms with van der Waals surface area (Å²) in [5.41, 5.74) is 0.921. The van der Waals surface area contributed by atoms with Crippen molar-refractivity contribution in [3.05, 3.63) is 53.3 Å². The van der Waals surface area contributed by atoms with Gasteiger partial charge in [-0.25, -0.2) is 9.37 Å². The number of hydrogen-bond acceptors (Lipinski definition) is 6. The molecule has 2 unspecified atom stereocenters. The Morgan fingerprint density at radius 3 is 2.88 bits per heavy atom. The van der Waals surface area contributed by atoms with Crippen LogP contribution in [0.4, 0.5) is 9.52 Å². The zero-order valence-corrected chi connectivity index (χ0v) is 15.0. The number of hydrogen-bond donors (Lipinski definition) is 2. The molecule has 0 radical (unpaired) electrons. The van der Waals surface area contributed by atoms with Crippen LogP contribution in [0, 0.1) is 17.1 Å². The smallest absolute Gasteiger partial charge is 0.184 e. The molecule has 2 aromatic carbocycles. The summed E-state index contributed by atoms with van der Waals surface area (Å²) in [7, 11) is 0. The second-order valence-electron chi connectivity index (χ2n) is 6.77. The first-order chi connectivity index (χ1) is 12.4. The number of aliphatic hydroxyl groups is 1. The molecule has 0 amide bonds. The van der Waals surface area contributed by atoms with E-state index in [9.17, 15) is 14.8 Å². The van der Waals surface area contributed by atoms with Crippen molar-refractivity contribution >= 4 is 26.7 Å². The molecule has 0 bridgehead atoms. The number of ether oxygens (including phenoxy) is 1. The van der Waals surface area contributed by atoms with E-state index in [1.54, 1.807) is 38.1 Å². The molecule has 132 valence electrons. The number of nitrogens with one attached hydrogen (secondary N) is 1.